The fraction of sp³-hybridized carbons (Fsp3) is 0.600. The lowest BCUT2D eigenvalue weighted by Crippen LogP contribution is -2.49. The Kier molecular flexibility index (Phi) is 5.18. The van der Waals surface area contributed by atoms with E-state index in [2.05, 4.69) is 0 Å². The van der Waals surface area contributed by atoms with Crippen LogP contribution in [0.5, 0.6) is 0 Å². The van der Waals surface area contributed by atoms with Gasteiger partial charge in [0.1, 0.15) is 0 Å². The molecule has 0 spiro atoms. The quantitative estimate of drug-likeness (QED) is 0.720. The lowest BCUT2D eigenvalue weighted by atomic mass is 10.2. The van der Waals surface area contributed by atoms with Crippen molar-refractivity contribution in [1.82, 2.24) is 14.1 Å². The van der Waals surface area contributed by atoms with Crippen molar-refractivity contribution in [3.63, 3.8) is 0 Å². The number of hydrogen-bond acceptors (Lipinski definition) is 4. The standard InChI is InChI=1S/C20H27N3O4S/c1-15(24)21-10-12-22(13-11-21)28(26,27)19-8-4-17(5-9-19)20(25)23(18-6-7-18)14-16-2-3-16/h4-5,8-9,16,18H,2-3,6-7,10-14H2,1H3. The SMILES string of the molecule is CC(=O)N1CCN(S(=O)(=O)c2ccc(C(=O)N(CC3CC3)C3CC3)cc2)CC1. The van der Waals surface area contributed by atoms with Crippen molar-refractivity contribution in [1.29, 1.82) is 0 Å². The molecule has 0 unspecified atom stereocenters. The summed E-state index contributed by atoms with van der Waals surface area (Å²) in [4.78, 5) is 28.1. The molecule has 0 N–H and O–H groups in total. The van der Waals surface area contributed by atoms with Crippen LogP contribution in [-0.4, -0.2) is 73.1 Å². The maximum absolute atomic E-state index is 12.9. The van der Waals surface area contributed by atoms with Crippen molar-refractivity contribution < 1.29 is 18.0 Å². The second kappa shape index (κ2) is 7.48. The molecule has 1 aromatic carbocycles. The van der Waals surface area contributed by atoms with Crippen molar-refractivity contribution >= 4 is 21.8 Å². The second-order valence-corrected chi connectivity index (χ2v) is 10.0. The lowest BCUT2D eigenvalue weighted by Gasteiger charge is -2.33. The van der Waals surface area contributed by atoms with Crippen LogP contribution in [0.3, 0.4) is 0 Å². The molecule has 2 saturated carbocycles. The molecular weight excluding hydrogens is 378 g/mol. The molecule has 3 fully saturated rings. The Morgan fingerprint density at radius 2 is 1.61 bits per heavy atom. The zero-order valence-corrected chi connectivity index (χ0v) is 17.0. The van der Waals surface area contributed by atoms with Crippen molar-refractivity contribution in [2.45, 2.75) is 43.5 Å². The van der Waals surface area contributed by atoms with Crippen LogP contribution in [0.25, 0.3) is 0 Å². The van der Waals surface area contributed by atoms with Gasteiger partial charge >= 0.3 is 0 Å². The number of nitrogens with zero attached hydrogens (tertiary/aromatic N) is 3. The summed E-state index contributed by atoms with van der Waals surface area (Å²) >= 11 is 0. The Labute approximate surface area is 166 Å². The van der Waals surface area contributed by atoms with Crippen molar-refractivity contribution in [3.05, 3.63) is 29.8 Å². The van der Waals surface area contributed by atoms with Gasteiger partial charge in [-0.3, -0.25) is 9.59 Å². The van der Waals surface area contributed by atoms with Crippen molar-refractivity contribution in [2.75, 3.05) is 32.7 Å². The number of sulfonamides is 1. The molecule has 8 heteroatoms. The van der Waals surface area contributed by atoms with Gasteiger partial charge < -0.3 is 9.80 Å². The highest BCUT2D eigenvalue weighted by Gasteiger charge is 2.37. The monoisotopic (exact) mass is 405 g/mol. The minimum atomic E-state index is -3.62. The topological polar surface area (TPSA) is 78.0 Å². The molecule has 0 bridgehead atoms. The van der Waals surface area contributed by atoms with E-state index in [0.29, 0.717) is 43.7 Å². The van der Waals surface area contributed by atoms with Gasteiger partial charge in [-0.05, 0) is 55.9 Å². The first kappa shape index (κ1) is 19.4. The number of rotatable bonds is 6. The first-order valence-corrected chi connectivity index (χ1v) is 11.5. The van der Waals surface area contributed by atoms with Crippen LogP contribution in [0.2, 0.25) is 0 Å². The third-order valence-corrected chi connectivity index (χ3v) is 7.74. The van der Waals surface area contributed by atoms with Gasteiger partial charge in [0.25, 0.3) is 5.91 Å². The molecule has 0 radical (unpaired) electrons. The molecular formula is C20H27N3O4S. The van der Waals surface area contributed by atoms with Crippen LogP contribution in [0.1, 0.15) is 43.0 Å². The van der Waals surface area contributed by atoms with Gasteiger partial charge in [0, 0.05) is 51.3 Å². The van der Waals surface area contributed by atoms with Crippen LogP contribution in [0.4, 0.5) is 0 Å². The number of benzene rings is 1. The lowest BCUT2D eigenvalue weighted by molar-refractivity contribution is -0.129. The van der Waals surface area contributed by atoms with Gasteiger partial charge in [-0.15, -0.1) is 0 Å². The summed E-state index contributed by atoms with van der Waals surface area (Å²) in [5.74, 6) is 0.609. The molecule has 0 atom stereocenters. The molecule has 2 aliphatic carbocycles. The highest BCUT2D eigenvalue weighted by Crippen LogP contribution is 2.35. The summed E-state index contributed by atoms with van der Waals surface area (Å²) in [5.41, 5.74) is 0.549. The van der Waals surface area contributed by atoms with Crippen LogP contribution < -0.4 is 0 Å². The normalized spacial score (nSPS) is 20.8. The highest BCUT2D eigenvalue weighted by molar-refractivity contribution is 7.89. The van der Waals surface area contributed by atoms with Gasteiger partial charge in [-0.1, -0.05) is 0 Å². The summed E-state index contributed by atoms with van der Waals surface area (Å²) in [6.45, 7) is 3.71. The van der Waals surface area contributed by atoms with E-state index in [9.17, 15) is 18.0 Å². The third kappa shape index (κ3) is 4.07. The summed E-state index contributed by atoms with van der Waals surface area (Å²) in [6.07, 6.45) is 4.53. The van der Waals surface area contributed by atoms with Crippen LogP contribution >= 0.6 is 0 Å². The van der Waals surface area contributed by atoms with E-state index in [1.165, 1.54) is 36.2 Å². The Hall–Kier alpha value is -1.93. The first-order chi connectivity index (χ1) is 13.4. The Balaban J connectivity index is 1.44. The highest BCUT2D eigenvalue weighted by atomic mass is 32.2. The predicted octanol–water partition coefficient (Wildman–Crippen LogP) is 1.55. The fourth-order valence-electron chi connectivity index (χ4n) is 3.69. The molecule has 1 saturated heterocycles. The van der Waals surface area contributed by atoms with Crippen LogP contribution in [-0.2, 0) is 14.8 Å². The van der Waals surface area contributed by atoms with Crippen LogP contribution in [0, 0.1) is 5.92 Å². The molecule has 1 aromatic rings. The molecule has 152 valence electrons. The minimum Gasteiger partial charge on any atom is -0.340 e. The largest absolute Gasteiger partial charge is 0.340 e. The predicted molar refractivity (Wildman–Crippen MR) is 104 cm³/mol. The van der Waals surface area contributed by atoms with Crippen molar-refractivity contribution in [2.24, 2.45) is 5.92 Å². The van der Waals surface area contributed by atoms with E-state index < -0.39 is 10.0 Å². The minimum absolute atomic E-state index is 0.00780. The molecule has 1 heterocycles. The van der Waals surface area contributed by atoms with E-state index in [-0.39, 0.29) is 16.7 Å². The van der Waals surface area contributed by atoms with E-state index in [1.54, 1.807) is 17.0 Å². The number of piperazine rings is 1. The third-order valence-electron chi connectivity index (χ3n) is 5.82. The summed E-state index contributed by atoms with van der Waals surface area (Å²) in [5, 5.41) is 0. The van der Waals surface area contributed by atoms with E-state index in [0.717, 1.165) is 19.4 Å². The van der Waals surface area contributed by atoms with Gasteiger partial charge in [0.05, 0.1) is 4.90 Å². The average molecular weight is 406 g/mol. The van der Waals surface area contributed by atoms with Gasteiger partial charge in [-0.2, -0.15) is 4.31 Å². The average Bonchev–Trinajstić information content (AvgIpc) is 3.60. The number of carbonyl (C=O) groups excluding carboxylic acids is 2. The Morgan fingerprint density at radius 3 is 2.11 bits per heavy atom. The smallest absolute Gasteiger partial charge is 0.254 e. The molecule has 2 amide bonds. The fourth-order valence-corrected chi connectivity index (χ4v) is 5.11. The molecule has 7 nitrogen and oxygen atoms in total. The van der Waals surface area contributed by atoms with Gasteiger partial charge in [0.15, 0.2) is 0 Å². The van der Waals surface area contributed by atoms with E-state index >= 15 is 0 Å². The van der Waals surface area contributed by atoms with E-state index in [1.807, 2.05) is 4.90 Å². The molecule has 3 aliphatic rings. The first-order valence-electron chi connectivity index (χ1n) is 10.0. The zero-order valence-electron chi connectivity index (χ0n) is 16.2. The molecule has 28 heavy (non-hydrogen) atoms. The molecule has 0 aromatic heterocycles. The van der Waals surface area contributed by atoms with Gasteiger partial charge in [-0.25, -0.2) is 8.42 Å². The van der Waals surface area contributed by atoms with Crippen LogP contribution in [0.15, 0.2) is 29.2 Å². The zero-order chi connectivity index (χ0) is 19.9. The maximum Gasteiger partial charge on any atom is 0.254 e. The Bertz CT molecular complexity index is 852. The number of carbonyl (C=O) groups is 2. The molecule has 4 rings (SSSR count). The summed E-state index contributed by atoms with van der Waals surface area (Å²) < 4.78 is 27.2. The molecule has 1 aliphatic heterocycles. The number of amides is 2. The van der Waals surface area contributed by atoms with Crippen molar-refractivity contribution in [3.8, 4) is 0 Å². The second-order valence-electron chi connectivity index (χ2n) is 8.07. The summed E-state index contributed by atoms with van der Waals surface area (Å²) in [7, 11) is -3.62. The summed E-state index contributed by atoms with van der Waals surface area (Å²) in [6, 6.07) is 6.67. The van der Waals surface area contributed by atoms with Gasteiger partial charge in [0.2, 0.25) is 15.9 Å². The maximum atomic E-state index is 12.9. The van der Waals surface area contributed by atoms with E-state index in [4.69, 9.17) is 0 Å². The Morgan fingerprint density at radius 1 is 1.00 bits per heavy atom. The number of hydrogen-bond donors (Lipinski definition) is 0.